The third-order valence-electron chi connectivity index (χ3n) is 2.18. The van der Waals surface area contributed by atoms with Crippen molar-refractivity contribution < 1.29 is 0 Å². The molecule has 0 radical (unpaired) electrons. The Bertz CT molecular complexity index is 468. The van der Waals surface area contributed by atoms with Gasteiger partial charge in [-0.1, -0.05) is 6.07 Å². The van der Waals surface area contributed by atoms with Crippen LogP contribution in [0.3, 0.4) is 0 Å². The summed E-state index contributed by atoms with van der Waals surface area (Å²) in [6.07, 6.45) is 1.77. The van der Waals surface area contributed by atoms with Crippen LogP contribution >= 0.6 is 0 Å². The predicted octanol–water partition coefficient (Wildman–Crippen LogP) is 1.57. The molecule has 0 aromatic carbocycles. The van der Waals surface area contributed by atoms with Crippen molar-refractivity contribution >= 4 is 0 Å². The number of nitrogens with zero attached hydrogens (tertiary/aromatic N) is 3. The summed E-state index contributed by atoms with van der Waals surface area (Å²) >= 11 is 0. The normalized spacial score (nSPS) is 10.4. The SMILES string of the molecule is CNCc1cc(-c2ccccn2)nc(C)n1. The molecule has 2 aromatic heterocycles. The Morgan fingerprint density at radius 3 is 2.75 bits per heavy atom. The lowest BCUT2D eigenvalue weighted by Gasteiger charge is -2.04. The first-order valence-electron chi connectivity index (χ1n) is 5.20. The summed E-state index contributed by atoms with van der Waals surface area (Å²) in [7, 11) is 1.90. The highest BCUT2D eigenvalue weighted by Gasteiger charge is 2.04. The van der Waals surface area contributed by atoms with Crippen LogP contribution in [-0.2, 0) is 6.54 Å². The van der Waals surface area contributed by atoms with Crippen LogP contribution in [0, 0.1) is 6.92 Å². The van der Waals surface area contributed by atoms with Crippen LogP contribution in [0.25, 0.3) is 11.4 Å². The molecule has 0 aliphatic carbocycles. The van der Waals surface area contributed by atoms with Crippen molar-refractivity contribution in [2.75, 3.05) is 7.05 Å². The average Bonchev–Trinajstić information content (AvgIpc) is 2.30. The Morgan fingerprint density at radius 1 is 1.19 bits per heavy atom. The molecule has 16 heavy (non-hydrogen) atoms. The van der Waals surface area contributed by atoms with E-state index in [1.165, 1.54) is 0 Å². The maximum atomic E-state index is 4.38. The molecule has 2 rings (SSSR count). The molecule has 2 aromatic rings. The van der Waals surface area contributed by atoms with Gasteiger partial charge in [0.25, 0.3) is 0 Å². The zero-order chi connectivity index (χ0) is 11.4. The molecule has 0 atom stereocenters. The van der Waals surface area contributed by atoms with E-state index in [0.717, 1.165) is 29.5 Å². The highest BCUT2D eigenvalue weighted by atomic mass is 14.9. The number of nitrogens with one attached hydrogen (secondary N) is 1. The van der Waals surface area contributed by atoms with Crippen molar-refractivity contribution in [2.45, 2.75) is 13.5 Å². The maximum Gasteiger partial charge on any atom is 0.126 e. The van der Waals surface area contributed by atoms with Gasteiger partial charge in [-0.25, -0.2) is 9.97 Å². The van der Waals surface area contributed by atoms with Crippen LogP contribution in [0.2, 0.25) is 0 Å². The lowest BCUT2D eigenvalue weighted by Crippen LogP contribution is -2.08. The molecule has 0 unspecified atom stereocenters. The van der Waals surface area contributed by atoms with Gasteiger partial charge in [0.2, 0.25) is 0 Å². The molecule has 0 bridgehead atoms. The van der Waals surface area contributed by atoms with E-state index >= 15 is 0 Å². The minimum Gasteiger partial charge on any atom is -0.314 e. The van der Waals surface area contributed by atoms with Crippen LogP contribution in [0.1, 0.15) is 11.5 Å². The summed E-state index contributed by atoms with van der Waals surface area (Å²) in [4.78, 5) is 13.0. The predicted molar refractivity (Wildman–Crippen MR) is 62.8 cm³/mol. The van der Waals surface area contributed by atoms with E-state index in [9.17, 15) is 0 Å². The molecule has 0 saturated carbocycles. The lowest BCUT2D eigenvalue weighted by atomic mass is 10.2. The standard InChI is InChI=1S/C12H14N4/c1-9-15-10(8-13-2)7-12(16-9)11-5-3-4-6-14-11/h3-7,13H,8H2,1-2H3. The topological polar surface area (TPSA) is 50.7 Å². The third kappa shape index (κ3) is 2.41. The van der Waals surface area contributed by atoms with Crippen LogP contribution in [-0.4, -0.2) is 22.0 Å². The second-order valence-corrected chi connectivity index (χ2v) is 3.54. The molecule has 4 heteroatoms. The van der Waals surface area contributed by atoms with Crippen LogP contribution in [0.5, 0.6) is 0 Å². The second kappa shape index (κ2) is 4.81. The summed E-state index contributed by atoms with van der Waals surface area (Å²) < 4.78 is 0. The summed E-state index contributed by atoms with van der Waals surface area (Å²) in [5.41, 5.74) is 2.74. The Kier molecular flexibility index (Phi) is 3.22. The van der Waals surface area contributed by atoms with Crippen molar-refractivity contribution in [2.24, 2.45) is 0 Å². The largest absolute Gasteiger partial charge is 0.314 e. The van der Waals surface area contributed by atoms with Gasteiger partial charge in [-0.2, -0.15) is 0 Å². The second-order valence-electron chi connectivity index (χ2n) is 3.54. The van der Waals surface area contributed by atoms with Crippen LogP contribution in [0.15, 0.2) is 30.5 Å². The van der Waals surface area contributed by atoms with E-state index in [4.69, 9.17) is 0 Å². The van der Waals surface area contributed by atoms with E-state index < -0.39 is 0 Å². The molecular weight excluding hydrogens is 200 g/mol. The monoisotopic (exact) mass is 214 g/mol. The minimum absolute atomic E-state index is 0.739. The fraction of sp³-hybridized carbons (Fsp3) is 0.250. The van der Waals surface area contributed by atoms with Gasteiger partial charge in [0.1, 0.15) is 5.82 Å². The lowest BCUT2D eigenvalue weighted by molar-refractivity contribution is 0.779. The molecule has 4 nitrogen and oxygen atoms in total. The Hall–Kier alpha value is -1.81. The molecule has 2 heterocycles. The Morgan fingerprint density at radius 2 is 2.06 bits per heavy atom. The first-order valence-corrected chi connectivity index (χ1v) is 5.20. The van der Waals surface area contributed by atoms with E-state index in [0.29, 0.717) is 0 Å². The first-order chi connectivity index (χ1) is 7.79. The zero-order valence-corrected chi connectivity index (χ0v) is 9.44. The molecular formula is C12H14N4. The summed E-state index contributed by atoms with van der Waals surface area (Å²) in [6, 6.07) is 7.76. The van der Waals surface area contributed by atoms with Crippen molar-refractivity contribution in [1.82, 2.24) is 20.3 Å². The van der Waals surface area contributed by atoms with Gasteiger partial charge in [-0.3, -0.25) is 4.98 Å². The molecule has 0 aliphatic rings. The van der Waals surface area contributed by atoms with Gasteiger partial charge in [0, 0.05) is 12.7 Å². The molecule has 82 valence electrons. The molecule has 0 saturated heterocycles. The van der Waals surface area contributed by atoms with Crippen molar-refractivity contribution in [1.29, 1.82) is 0 Å². The fourth-order valence-electron chi connectivity index (χ4n) is 1.55. The molecule has 1 N–H and O–H groups in total. The molecule has 0 fully saturated rings. The minimum atomic E-state index is 0.739. The molecule has 0 aliphatic heterocycles. The molecule has 0 spiro atoms. The van der Waals surface area contributed by atoms with Crippen LogP contribution in [0.4, 0.5) is 0 Å². The van der Waals surface area contributed by atoms with Crippen LogP contribution < -0.4 is 5.32 Å². The highest BCUT2D eigenvalue weighted by molar-refractivity contribution is 5.53. The number of aromatic nitrogens is 3. The smallest absolute Gasteiger partial charge is 0.126 e. The van der Waals surface area contributed by atoms with Gasteiger partial charge in [0.15, 0.2) is 0 Å². The quantitative estimate of drug-likeness (QED) is 0.842. The number of rotatable bonds is 3. The Balaban J connectivity index is 2.41. The fourth-order valence-corrected chi connectivity index (χ4v) is 1.55. The highest BCUT2D eigenvalue weighted by Crippen LogP contribution is 2.14. The van der Waals surface area contributed by atoms with E-state index in [2.05, 4.69) is 20.3 Å². The van der Waals surface area contributed by atoms with Gasteiger partial charge in [-0.15, -0.1) is 0 Å². The van der Waals surface area contributed by atoms with Crippen molar-refractivity contribution in [3.8, 4) is 11.4 Å². The number of hydrogen-bond donors (Lipinski definition) is 1. The van der Waals surface area contributed by atoms with E-state index in [-0.39, 0.29) is 0 Å². The van der Waals surface area contributed by atoms with Crippen molar-refractivity contribution in [3.05, 3.63) is 42.0 Å². The number of pyridine rings is 1. The zero-order valence-electron chi connectivity index (χ0n) is 9.44. The average molecular weight is 214 g/mol. The van der Waals surface area contributed by atoms with E-state index in [1.807, 2.05) is 38.2 Å². The van der Waals surface area contributed by atoms with E-state index in [1.54, 1.807) is 6.20 Å². The first kappa shape index (κ1) is 10.7. The van der Waals surface area contributed by atoms with Gasteiger partial charge >= 0.3 is 0 Å². The Labute approximate surface area is 94.8 Å². The summed E-state index contributed by atoms with van der Waals surface area (Å²) in [5.74, 6) is 0.772. The van der Waals surface area contributed by atoms with Crippen molar-refractivity contribution in [3.63, 3.8) is 0 Å². The maximum absolute atomic E-state index is 4.38. The summed E-state index contributed by atoms with van der Waals surface area (Å²) in [5, 5.41) is 3.08. The number of hydrogen-bond acceptors (Lipinski definition) is 4. The van der Waals surface area contributed by atoms with Gasteiger partial charge < -0.3 is 5.32 Å². The van der Waals surface area contributed by atoms with Gasteiger partial charge in [0.05, 0.1) is 17.1 Å². The summed E-state index contributed by atoms with van der Waals surface area (Å²) in [6.45, 7) is 2.63. The molecule has 0 amide bonds. The number of aryl methyl sites for hydroxylation is 1. The third-order valence-corrected chi connectivity index (χ3v) is 2.18. The van der Waals surface area contributed by atoms with Gasteiger partial charge in [-0.05, 0) is 32.2 Å².